The number of aromatic nitrogens is 2. The Hall–Kier alpha value is -2.06. The molecule has 2 rings (SSSR count). The first-order valence-electron chi connectivity index (χ1n) is 6.33. The predicted molar refractivity (Wildman–Crippen MR) is 80.5 cm³/mol. The van der Waals surface area contributed by atoms with Gasteiger partial charge in [0.05, 0.1) is 29.9 Å². The van der Waals surface area contributed by atoms with E-state index in [2.05, 4.69) is 9.82 Å². The van der Waals surface area contributed by atoms with Crippen LogP contribution >= 0.6 is 0 Å². The molecular weight excluding hydrogens is 292 g/mol. The number of rotatable bonds is 6. The molecule has 1 heterocycles. The van der Waals surface area contributed by atoms with E-state index in [9.17, 15) is 8.42 Å². The van der Waals surface area contributed by atoms with Crippen molar-refractivity contribution >= 4 is 21.4 Å². The normalized spacial score (nSPS) is 11.5. The molecule has 0 unspecified atom stereocenters. The molecule has 8 heteroatoms. The highest BCUT2D eigenvalue weighted by Gasteiger charge is 2.15. The Bertz CT molecular complexity index is 725. The largest absolute Gasteiger partial charge is 0.399 e. The minimum absolute atomic E-state index is 0.166. The van der Waals surface area contributed by atoms with Crippen molar-refractivity contribution in [2.24, 2.45) is 0 Å². The topological polar surface area (TPSA) is 99.2 Å². The summed E-state index contributed by atoms with van der Waals surface area (Å²) in [5.41, 5.74) is 7.37. The van der Waals surface area contributed by atoms with E-state index in [1.165, 1.54) is 18.3 Å². The minimum atomic E-state index is -3.65. The second kappa shape index (κ2) is 6.15. The van der Waals surface area contributed by atoms with Gasteiger partial charge in [-0.2, -0.15) is 5.10 Å². The van der Waals surface area contributed by atoms with Crippen molar-refractivity contribution in [2.45, 2.75) is 18.4 Å². The number of ether oxygens (including phenoxy) is 1. The molecule has 1 aromatic carbocycles. The van der Waals surface area contributed by atoms with Crippen LogP contribution in [0.5, 0.6) is 0 Å². The van der Waals surface area contributed by atoms with Crippen LogP contribution in [0.3, 0.4) is 0 Å². The Kier molecular flexibility index (Phi) is 4.49. The molecule has 0 aliphatic carbocycles. The molecule has 0 amide bonds. The smallest absolute Gasteiger partial charge is 0.262 e. The molecule has 0 bridgehead atoms. The molecule has 0 aliphatic heterocycles. The van der Waals surface area contributed by atoms with Gasteiger partial charge in [0, 0.05) is 19.0 Å². The van der Waals surface area contributed by atoms with Crippen LogP contribution in [0.25, 0.3) is 0 Å². The van der Waals surface area contributed by atoms with Gasteiger partial charge in [-0.15, -0.1) is 0 Å². The van der Waals surface area contributed by atoms with E-state index in [0.29, 0.717) is 30.1 Å². The number of anilines is 2. The average Bonchev–Trinajstić information content (AvgIpc) is 2.86. The summed E-state index contributed by atoms with van der Waals surface area (Å²) in [6, 6.07) is 4.58. The molecule has 114 valence electrons. The van der Waals surface area contributed by atoms with Crippen LogP contribution < -0.4 is 10.5 Å². The van der Waals surface area contributed by atoms with Crippen molar-refractivity contribution < 1.29 is 13.2 Å². The highest BCUT2D eigenvalue weighted by Crippen LogP contribution is 2.19. The van der Waals surface area contributed by atoms with Crippen molar-refractivity contribution in [1.29, 1.82) is 0 Å². The van der Waals surface area contributed by atoms with Gasteiger partial charge in [-0.3, -0.25) is 9.40 Å². The summed E-state index contributed by atoms with van der Waals surface area (Å²) in [6.45, 7) is 2.82. The molecule has 1 aromatic heterocycles. The Labute approximate surface area is 123 Å². The number of nitrogens with two attached hydrogens (primary N) is 1. The lowest BCUT2D eigenvalue weighted by molar-refractivity contribution is 0.183. The number of aryl methyl sites for hydroxylation is 1. The van der Waals surface area contributed by atoms with E-state index in [-0.39, 0.29) is 4.90 Å². The lowest BCUT2D eigenvalue weighted by Gasteiger charge is -2.08. The molecule has 0 fully saturated rings. The Morgan fingerprint density at radius 2 is 2.19 bits per heavy atom. The molecular formula is C13H18N4O3S. The van der Waals surface area contributed by atoms with E-state index in [4.69, 9.17) is 10.5 Å². The van der Waals surface area contributed by atoms with Crippen LogP contribution in [0.2, 0.25) is 0 Å². The predicted octanol–water partition coefficient (Wildman–Crippen LogP) is 1.22. The number of hydrogen-bond acceptors (Lipinski definition) is 5. The van der Waals surface area contributed by atoms with Gasteiger partial charge in [0.15, 0.2) is 0 Å². The van der Waals surface area contributed by atoms with Crippen LogP contribution in [-0.4, -0.2) is 31.9 Å². The molecule has 0 saturated carbocycles. The van der Waals surface area contributed by atoms with Crippen molar-refractivity contribution in [2.75, 3.05) is 24.2 Å². The third-order valence-corrected chi connectivity index (χ3v) is 4.34. The lowest BCUT2D eigenvalue weighted by Crippen LogP contribution is -2.13. The molecule has 2 aromatic rings. The zero-order valence-corrected chi connectivity index (χ0v) is 12.7. The number of nitrogens with one attached hydrogen (secondary N) is 1. The van der Waals surface area contributed by atoms with E-state index in [0.717, 1.165) is 0 Å². The molecule has 0 spiro atoms. The van der Waals surface area contributed by atoms with Gasteiger partial charge in [-0.05, 0) is 30.7 Å². The van der Waals surface area contributed by atoms with Crippen molar-refractivity contribution in [3.05, 3.63) is 36.2 Å². The molecule has 21 heavy (non-hydrogen) atoms. The maximum Gasteiger partial charge on any atom is 0.262 e. The second-order valence-corrected chi connectivity index (χ2v) is 6.29. The summed E-state index contributed by atoms with van der Waals surface area (Å²) in [4.78, 5) is 0.166. The van der Waals surface area contributed by atoms with Gasteiger partial charge >= 0.3 is 0 Å². The summed E-state index contributed by atoms with van der Waals surface area (Å²) >= 11 is 0. The van der Waals surface area contributed by atoms with Crippen LogP contribution in [0.4, 0.5) is 11.4 Å². The van der Waals surface area contributed by atoms with Gasteiger partial charge in [-0.25, -0.2) is 8.42 Å². The van der Waals surface area contributed by atoms with E-state index in [1.54, 1.807) is 31.0 Å². The fourth-order valence-corrected chi connectivity index (χ4v) is 2.87. The summed E-state index contributed by atoms with van der Waals surface area (Å²) in [5.74, 6) is 0. The average molecular weight is 310 g/mol. The second-order valence-electron chi connectivity index (χ2n) is 4.61. The van der Waals surface area contributed by atoms with Crippen LogP contribution in [-0.2, 0) is 21.3 Å². The number of sulfonamides is 1. The summed E-state index contributed by atoms with van der Waals surface area (Å²) in [5, 5.41) is 4.05. The Morgan fingerprint density at radius 1 is 1.43 bits per heavy atom. The maximum absolute atomic E-state index is 12.3. The fourth-order valence-electron chi connectivity index (χ4n) is 1.75. The third-order valence-electron chi connectivity index (χ3n) is 2.96. The summed E-state index contributed by atoms with van der Waals surface area (Å²) < 4.78 is 33.6. The van der Waals surface area contributed by atoms with Gasteiger partial charge in [0.1, 0.15) is 0 Å². The highest BCUT2D eigenvalue weighted by molar-refractivity contribution is 7.92. The first kappa shape index (κ1) is 15.3. The van der Waals surface area contributed by atoms with Gasteiger partial charge in [0.25, 0.3) is 10.0 Å². The Balaban J connectivity index is 2.16. The van der Waals surface area contributed by atoms with Crippen molar-refractivity contribution in [1.82, 2.24) is 9.78 Å². The van der Waals surface area contributed by atoms with E-state index < -0.39 is 10.0 Å². The van der Waals surface area contributed by atoms with Crippen LogP contribution in [0, 0.1) is 6.92 Å². The number of benzene rings is 1. The quantitative estimate of drug-likeness (QED) is 0.782. The third kappa shape index (κ3) is 3.73. The van der Waals surface area contributed by atoms with Crippen LogP contribution in [0.1, 0.15) is 5.56 Å². The zero-order valence-electron chi connectivity index (χ0n) is 11.9. The Morgan fingerprint density at radius 3 is 2.86 bits per heavy atom. The summed E-state index contributed by atoms with van der Waals surface area (Å²) in [6.07, 6.45) is 3.07. The number of methoxy groups -OCH3 is 1. The number of nitrogens with zero attached hydrogens (tertiary/aromatic N) is 2. The van der Waals surface area contributed by atoms with Gasteiger partial charge in [0.2, 0.25) is 0 Å². The van der Waals surface area contributed by atoms with Gasteiger partial charge in [-0.1, -0.05) is 0 Å². The first-order valence-corrected chi connectivity index (χ1v) is 7.81. The molecule has 0 atom stereocenters. The molecule has 3 N–H and O–H groups in total. The maximum atomic E-state index is 12.3. The highest BCUT2D eigenvalue weighted by atomic mass is 32.2. The van der Waals surface area contributed by atoms with E-state index >= 15 is 0 Å². The SMILES string of the molecule is COCCn1cc(NS(=O)(=O)c2ccc(N)c(C)c2)cn1. The van der Waals surface area contributed by atoms with Gasteiger partial charge < -0.3 is 10.5 Å². The fraction of sp³-hybridized carbons (Fsp3) is 0.308. The standard InChI is InChI=1S/C13H18N4O3S/c1-10-7-12(3-4-13(10)14)21(18,19)16-11-8-15-17(9-11)5-6-20-2/h3-4,7-9,16H,5-6,14H2,1-2H3. The molecule has 0 radical (unpaired) electrons. The number of hydrogen-bond donors (Lipinski definition) is 2. The monoisotopic (exact) mass is 310 g/mol. The molecule has 0 aliphatic rings. The first-order chi connectivity index (χ1) is 9.92. The summed E-state index contributed by atoms with van der Waals surface area (Å²) in [7, 11) is -2.06. The number of nitrogen functional groups attached to an aromatic ring is 1. The molecule has 7 nitrogen and oxygen atoms in total. The van der Waals surface area contributed by atoms with Crippen molar-refractivity contribution in [3.8, 4) is 0 Å². The van der Waals surface area contributed by atoms with Crippen molar-refractivity contribution in [3.63, 3.8) is 0 Å². The zero-order chi connectivity index (χ0) is 15.5. The van der Waals surface area contributed by atoms with Crippen LogP contribution in [0.15, 0.2) is 35.5 Å². The van der Waals surface area contributed by atoms with E-state index in [1.807, 2.05) is 0 Å². The lowest BCUT2D eigenvalue weighted by atomic mass is 10.2. The minimum Gasteiger partial charge on any atom is -0.399 e. The molecule has 0 saturated heterocycles.